The molecule has 0 heterocycles. The fourth-order valence-electron chi connectivity index (χ4n) is 3.15. The molecular formula is C19H26O2. The molecule has 0 atom stereocenters. The van der Waals surface area contributed by atoms with E-state index in [9.17, 15) is 9.59 Å². The number of fused-ring (bicyclic) bond motifs is 1. The van der Waals surface area contributed by atoms with E-state index in [-0.39, 0.29) is 18.0 Å². The summed E-state index contributed by atoms with van der Waals surface area (Å²) in [6.45, 7) is 2.24. The van der Waals surface area contributed by atoms with Crippen LogP contribution in [0.3, 0.4) is 0 Å². The van der Waals surface area contributed by atoms with Crippen LogP contribution < -0.4 is 0 Å². The number of rotatable bonds is 9. The Kier molecular flexibility index (Phi) is 6.16. The van der Waals surface area contributed by atoms with Crippen LogP contribution in [0, 0.1) is 0 Å². The van der Waals surface area contributed by atoms with E-state index in [1.54, 1.807) is 6.07 Å². The van der Waals surface area contributed by atoms with Gasteiger partial charge in [0.1, 0.15) is 0 Å². The zero-order valence-electron chi connectivity index (χ0n) is 13.1. The first-order chi connectivity index (χ1) is 10.2. The average Bonchev–Trinajstić information content (AvgIpc) is 2.78. The van der Waals surface area contributed by atoms with Gasteiger partial charge in [0.2, 0.25) is 0 Å². The van der Waals surface area contributed by atoms with E-state index < -0.39 is 0 Å². The molecule has 0 saturated heterocycles. The molecule has 0 amide bonds. The first-order valence-electron chi connectivity index (χ1n) is 8.42. The van der Waals surface area contributed by atoms with Crippen LogP contribution in [-0.2, 0) is 6.42 Å². The highest BCUT2D eigenvalue weighted by molar-refractivity contribution is 6.24. The van der Waals surface area contributed by atoms with Crippen molar-refractivity contribution in [3.8, 4) is 0 Å². The highest BCUT2D eigenvalue weighted by Crippen LogP contribution is 2.26. The van der Waals surface area contributed by atoms with Gasteiger partial charge in [-0.2, -0.15) is 0 Å². The highest BCUT2D eigenvalue weighted by atomic mass is 16.2. The number of hydrogen-bond donors (Lipinski definition) is 0. The van der Waals surface area contributed by atoms with Crippen LogP contribution in [0.25, 0.3) is 0 Å². The number of hydrogen-bond acceptors (Lipinski definition) is 2. The SMILES string of the molecule is CCCCCCCCCCc1cccc2c1C(=O)CC2=O. The molecule has 1 aromatic rings. The lowest BCUT2D eigenvalue weighted by atomic mass is 9.97. The Balaban J connectivity index is 1.75. The molecule has 0 unspecified atom stereocenters. The second-order valence-corrected chi connectivity index (χ2v) is 6.09. The molecule has 2 nitrogen and oxygen atoms in total. The number of carbonyl (C=O) groups is 2. The van der Waals surface area contributed by atoms with Gasteiger partial charge in [0.25, 0.3) is 0 Å². The summed E-state index contributed by atoms with van der Waals surface area (Å²) in [6.07, 6.45) is 11.3. The van der Waals surface area contributed by atoms with Crippen molar-refractivity contribution in [1.29, 1.82) is 0 Å². The van der Waals surface area contributed by atoms with Crippen LogP contribution in [0.2, 0.25) is 0 Å². The minimum Gasteiger partial charge on any atom is -0.294 e. The Morgan fingerprint density at radius 3 is 2.24 bits per heavy atom. The Morgan fingerprint density at radius 1 is 0.857 bits per heavy atom. The number of ketones is 2. The molecule has 1 aromatic carbocycles. The molecule has 1 aliphatic rings. The van der Waals surface area contributed by atoms with Gasteiger partial charge in [0.15, 0.2) is 11.6 Å². The van der Waals surface area contributed by atoms with E-state index in [0.717, 1.165) is 18.4 Å². The number of Topliss-reactive ketones (excluding diaryl/α,β-unsaturated/α-hetero) is 2. The number of unbranched alkanes of at least 4 members (excludes halogenated alkanes) is 7. The largest absolute Gasteiger partial charge is 0.294 e. The van der Waals surface area contributed by atoms with Gasteiger partial charge < -0.3 is 0 Å². The van der Waals surface area contributed by atoms with Crippen LogP contribution in [0.5, 0.6) is 0 Å². The van der Waals surface area contributed by atoms with Gasteiger partial charge in [-0.15, -0.1) is 0 Å². The normalized spacial score (nSPS) is 13.8. The van der Waals surface area contributed by atoms with E-state index in [1.165, 1.54) is 44.9 Å². The summed E-state index contributed by atoms with van der Waals surface area (Å²) in [5.74, 6) is 0.0120. The van der Waals surface area contributed by atoms with E-state index in [0.29, 0.717) is 11.1 Å². The molecule has 0 N–H and O–H groups in total. The Morgan fingerprint density at radius 2 is 1.52 bits per heavy atom. The summed E-state index contributed by atoms with van der Waals surface area (Å²) in [6, 6.07) is 5.71. The second-order valence-electron chi connectivity index (χ2n) is 6.09. The van der Waals surface area contributed by atoms with Gasteiger partial charge in [0, 0.05) is 11.1 Å². The summed E-state index contributed by atoms with van der Waals surface area (Å²) in [7, 11) is 0. The predicted octanol–water partition coefficient (Wildman–Crippen LogP) is 5.14. The number of aryl methyl sites for hydroxylation is 1. The van der Waals surface area contributed by atoms with Crippen molar-refractivity contribution < 1.29 is 9.59 Å². The Hall–Kier alpha value is -1.44. The second kappa shape index (κ2) is 8.11. The average molecular weight is 286 g/mol. The highest BCUT2D eigenvalue weighted by Gasteiger charge is 2.28. The molecule has 0 fully saturated rings. The third-order valence-corrected chi connectivity index (χ3v) is 4.35. The fraction of sp³-hybridized carbons (Fsp3) is 0.579. The van der Waals surface area contributed by atoms with Crippen LogP contribution in [0.15, 0.2) is 18.2 Å². The minimum atomic E-state index is -0.00669. The minimum absolute atomic E-state index is 0.00669. The summed E-state index contributed by atoms with van der Waals surface area (Å²) in [4.78, 5) is 23.6. The van der Waals surface area contributed by atoms with E-state index in [1.807, 2.05) is 12.1 Å². The van der Waals surface area contributed by atoms with Crippen molar-refractivity contribution in [3.63, 3.8) is 0 Å². The van der Waals surface area contributed by atoms with Crippen molar-refractivity contribution in [2.45, 2.75) is 71.1 Å². The lowest BCUT2D eigenvalue weighted by Crippen LogP contribution is -1.99. The van der Waals surface area contributed by atoms with Gasteiger partial charge in [0.05, 0.1) is 6.42 Å². The molecule has 2 rings (SSSR count). The first kappa shape index (κ1) is 15.9. The van der Waals surface area contributed by atoms with Gasteiger partial charge in [-0.3, -0.25) is 9.59 Å². The molecule has 0 aliphatic heterocycles. The van der Waals surface area contributed by atoms with Gasteiger partial charge in [-0.1, -0.05) is 70.1 Å². The van der Waals surface area contributed by atoms with E-state index in [2.05, 4.69) is 6.92 Å². The lowest BCUT2D eigenvalue weighted by molar-refractivity contribution is 0.0922. The van der Waals surface area contributed by atoms with Gasteiger partial charge in [-0.05, 0) is 18.4 Å². The molecular weight excluding hydrogens is 260 g/mol. The zero-order valence-corrected chi connectivity index (χ0v) is 13.1. The lowest BCUT2D eigenvalue weighted by Gasteiger charge is -2.07. The molecule has 1 aliphatic carbocycles. The molecule has 0 saturated carbocycles. The maximum absolute atomic E-state index is 11.9. The zero-order chi connectivity index (χ0) is 15.1. The summed E-state index contributed by atoms with van der Waals surface area (Å²) >= 11 is 0. The molecule has 0 bridgehead atoms. The van der Waals surface area contributed by atoms with Gasteiger partial charge >= 0.3 is 0 Å². The molecule has 0 spiro atoms. The summed E-state index contributed by atoms with van der Waals surface area (Å²) < 4.78 is 0. The van der Waals surface area contributed by atoms with Crippen molar-refractivity contribution in [3.05, 3.63) is 34.9 Å². The predicted molar refractivity (Wildman–Crippen MR) is 86.0 cm³/mol. The standard InChI is InChI=1S/C19H26O2/c1-2-3-4-5-6-7-8-9-11-15-12-10-13-16-17(20)14-18(21)19(15)16/h10,12-13H,2-9,11,14H2,1H3. The maximum atomic E-state index is 11.9. The molecule has 114 valence electrons. The third-order valence-electron chi connectivity index (χ3n) is 4.35. The first-order valence-corrected chi connectivity index (χ1v) is 8.42. The Bertz CT molecular complexity index is 502. The van der Waals surface area contributed by atoms with Crippen LogP contribution >= 0.6 is 0 Å². The van der Waals surface area contributed by atoms with Crippen LogP contribution in [0.1, 0.15) is 91.0 Å². The number of carbonyl (C=O) groups excluding carboxylic acids is 2. The van der Waals surface area contributed by atoms with Crippen molar-refractivity contribution in [1.82, 2.24) is 0 Å². The quantitative estimate of drug-likeness (QED) is 0.465. The third kappa shape index (κ3) is 4.26. The van der Waals surface area contributed by atoms with E-state index in [4.69, 9.17) is 0 Å². The molecule has 2 heteroatoms. The monoisotopic (exact) mass is 286 g/mol. The smallest absolute Gasteiger partial charge is 0.171 e. The van der Waals surface area contributed by atoms with E-state index >= 15 is 0 Å². The van der Waals surface area contributed by atoms with Crippen molar-refractivity contribution in [2.24, 2.45) is 0 Å². The molecule has 0 radical (unpaired) electrons. The van der Waals surface area contributed by atoms with Crippen molar-refractivity contribution in [2.75, 3.05) is 0 Å². The van der Waals surface area contributed by atoms with Crippen LogP contribution in [0.4, 0.5) is 0 Å². The topological polar surface area (TPSA) is 34.1 Å². The van der Waals surface area contributed by atoms with Gasteiger partial charge in [-0.25, -0.2) is 0 Å². The van der Waals surface area contributed by atoms with Crippen molar-refractivity contribution >= 4 is 11.6 Å². The molecule has 0 aromatic heterocycles. The number of benzene rings is 1. The fourth-order valence-corrected chi connectivity index (χ4v) is 3.15. The summed E-state index contributed by atoms with van der Waals surface area (Å²) in [5.41, 5.74) is 2.44. The Labute approximate surface area is 127 Å². The summed E-state index contributed by atoms with van der Waals surface area (Å²) in [5, 5.41) is 0. The maximum Gasteiger partial charge on any atom is 0.171 e. The van der Waals surface area contributed by atoms with Crippen LogP contribution in [-0.4, -0.2) is 11.6 Å². The molecule has 21 heavy (non-hydrogen) atoms.